The molecule has 1 aromatic carbocycles. The van der Waals surface area contributed by atoms with Gasteiger partial charge >= 0.3 is 6.09 Å². The minimum absolute atomic E-state index is 0.0278. The summed E-state index contributed by atoms with van der Waals surface area (Å²) in [5.41, 5.74) is -2.33. The Labute approximate surface area is 303 Å². The molecule has 0 spiro atoms. The van der Waals surface area contributed by atoms with E-state index >= 15 is 0 Å². The summed E-state index contributed by atoms with van der Waals surface area (Å²) >= 11 is 0. The Balaban J connectivity index is 1.32. The average molecular weight is 741 g/mol. The van der Waals surface area contributed by atoms with Crippen LogP contribution in [0.3, 0.4) is 0 Å². The van der Waals surface area contributed by atoms with Crippen molar-refractivity contribution >= 4 is 44.6 Å². The van der Waals surface area contributed by atoms with Crippen molar-refractivity contribution in [2.75, 3.05) is 33.8 Å². The first kappa shape index (κ1) is 37.3. The maximum Gasteiger partial charge on any atom is 0.408 e. The Morgan fingerprint density at radius 3 is 2.60 bits per heavy atom. The number of benzene rings is 1. The Bertz CT molecular complexity index is 1860. The third-order valence-electron chi connectivity index (χ3n) is 9.79. The minimum Gasteiger partial charge on any atom is -0.497 e. The summed E-state index contributed by atoms with van der Waals surface area (Å²) in [5, 5.41) is 6.48. The zero-order valence-corrected chi connectivity index (χ0v) is 31.0. The number of sulfonamides is 1. The lowest BCUT2D eigenvalue weighted by Crippen LogP contribution is -2.59. The van der Waals surface area contributed by atoms with E-state index in [4.69, 9.17) is 14.2 Å². The number of carbonyl (C=O) groups is 4. The number of allylic oxidation sites excluding steroid dienone is 1. The number of nitrogens with zero attached hydrogens (tertiary/aromatic N) is 3. The first-order valence-electron chi connectivity index (χ1n) is 17.7. The molecule has 0 bridgehead atoms. The van der Waals surface area contributed by atoms with Gasteiger partial charge in [-0.05, 0) is 96.1 Å². The largest absolute Gasteiger partial charge is 0.497 e. The van der Waals surface area contributed by atoms with Crippen molar-refractivity contribution in [3.8, 4) is 11.6 Å². The monoisotopic (exact) mass is 740 g/mol. The van der Waals surface area contributed by atoms with Crippen molar-refractivity contribution in [2.24, 2.45) is 5.92 Å². The van der Waals surface area contributed by atoms with Gasteiger partial charge in [0, 0.05) is 30.5 Å². The number of aromatic nitrogens is 1. The van der Waals surface area contributed by atoms with Crippen molar-refractivity contribution in [1.29, 1.82) is 0 Å². The van der Waals surface area contributed by atoms with E-state index in [0.717, 1.165) is 5.39 Å². The summed E-state index contributed by atoms with van der Waals surface area (Å²) in [6.07, 6.45) is 6.43. The van der Waals surface area contributed by atoms with E-state index in [0.29, 0.717) is 49.2 Å². The summed E-state index contributed by atoms with van der Waals surface area (Å²) in [5.74, 6) is -1.44. The molecule has 1 saturated heterocycles. The van der Waals surface area contributed by atoms with Gasteiger partial charge in [-0.25, -0.2) is 18.2 Å². The Hall–Kier alpha value is -4.44. The van der Waals surface area contributed by atoms with Crippen LogP contribution in [0.5, 0.6) is 11.6 Å². The molecule has 3 fully saturated rings. The molecule has 2 aliphatic heterocycles. The first-order valence-corrected chi connectivity index (χ1v) is 19.3. The fourth-order valence-electron chi connectivity index (χ4n) is 6.83. The molecule has 2 aliphatic carbocycles. The molecule has 52 heavy (non-hydrogen) atoms. The van der Waals surface area contributed by atoms with Crippen molar-refractivity contribution in [3.63, 3.8) is 0 Å². The third kappa shape index (κ3) is 8.44. The molecule has 6 rings (SSSR count). The molecule has 3 N–H and O–H groups in total. The van der Waals surface area contributed by atoms with Crippen molar-refractivity contribution < 1.29 is 41.8 Å². The topological polar surface area (TPSA) is 186 Å². The number of ether oxygens (including phenoxy) is 3. The van der Waals surface area contributed by atoms with Crippen LogP contribution < -0.4 is 24.8 Å². The van der Waals surface area contributed by atoms with Crippen molar-refractivity contribution in [2.45, 2.75) is 93.9 Å². The SMILES string of the molecule is COc1ccc2c(OC3C[C@H]4C(=O)N[C@]5(C(=O)NS(=O)(=O)C6CC6)CC5/C=C\CCCN(C)C[C@H](NC(=O)OC(C)(C)C)C(=O)N4C3)nccc2c1. The fourth-order valence-corrected chi connectivity index (χ4v) is 8.19. The number of hydrogen-bond acceptors (Lipinski definition) is 11. The molecule has 15 nitrogen and oxygen atoms in total. The first-order chi connectivity index (χ1) is 24.6. The van der Waals surface area contributed by atoms with E-state index in [1.807, 2.05) is 42.3 Å². The zero-order valence-electron chi connectivity index (χ0n) is 30.2. The Morgan fingerprint density at radius 1 is 1.12 bits per heavy atom. The van der Waals surface area contributed by atoms with Crippen LogP contribution in [0.15, 0.2) is 42.6 Å². The average Bonchev–Trinajstić information content (AvgIpc) is 4.00. The smallest absolute Gasteiger partial charge is 0.408 e. The molecule has 3 heterocycles. The molecule has 2 saturated carbocycles. The van der Waals surface area contributed by atoms with Gasteiger partial charge < -0.3 is 34.6 Å². The zero-order chi connectivity index (χ0) is 37.4. The van der Waals surface area contributed by atoms with E-state index < -0.39 is 74.3 Å². The molecule has 0 radical (unpaired) electrons. The Morgan fingerprint density at radius 2 is 1.88 bits per heavy atom. The lowest BCUT2D eigenvalue weighted by atomic mass is 10.1. The molecule has 2 unspecified atom stereocenters. The maximum absolute atomic E-state index is 14.5. The van der Waals surface area contributed by atoms with Crippen LogP contribution in [-0.2, 0) is 29.1 Å². The summed E-state index contributed by atoms with van der Waals surface area (Å²) < 4.78 is 45.1. The van der Waals surface area contributed by atoms with Crippen LogP contribution in [0, 0.1) is 5.92 Å². The second-order valence-electron chi connectivity index (χ2n) is 15.2. The number of nitrogens with one attached hydrogen (secondary N) is 3. The van der Waals surface area contributed by atoms with E-state index in [1.165, 1.54) is 4.90 Å². The number of fused-ring (bicyclic) bond motifs is 3. The summed E-state index contributed by atoms with van der Waals surface area (Å²) in [4.78, 5) is 63.3. The molecular formula is C36H48N6O9S. The van der Waals surface area contributed by atoms with E-state index in [2.05, 4.69) is 20.3 Å². The molecule has 1 aromatic heterocycles. The number of likely N-dealkylation sites (N-methyl/N-ethyl adjacent to an activating group) is 1. The number of pyridine rings is 1. The number of amides is 4. The van der Waals surface area contributed by atoms with E-state index in [1.54, 1.807) is 40.1 Å². The van der Waals surface area contributed by atoms with Gasteiger partial charge in [-0.15, -0.1) is 0 Å². The number of hydrogen-bond donors (Lipinski definition) is 3. The molecule has 4 amide bonds. The molecular weight excluding hydrogens is 692 g/mol. The second kappa shape index (κ2) is 14.5. The van der Waals surface area contributed by atoms with Crippen LogP contribution in [0.4, 0.5) is 4.79 Å². The highest BCUT2D eigenvalue weighted by atomic mass is 32.2. The lowest BCUT2D eigenvalue weighted by molar-refractivity contribution is -0.141. The Kier molecular flexibility index (Phi) is 10.4. The third-order valence-corrected chi connectivity index (χ3v) is 11.6. The van der Waals surface area contributed by atoms with Crippen LogP contribution in [0.1, 0.15) is 59.3 Å². The lowest BCUT2D eigenvalue weighted by Gasteiger charge is -2.32. The molecule has 16 heteroatoms. The van der Waals surface area contributed by atoms with Crippen LogP contribution in [-0.4, -0.2) is 115 Å². The summed E-state index contributed by atoms with van der Waals surface area (Å²) in [7, 11) is -0.475. The van der Waals surface area contributed by atoms with Crippen LogP contribution >= 0.6 is 0 Å². The highest BCUT2D eigenvalue weighted by molar-refractivity contribution is 7.91. The fraction of sp³-hybridized carbons (Fsp3) is 0.583. The van der Waals surface area contributed by atoms with Crippen molar-refractivity contribution in [3.05, 3.63) is 42.6 Å². The van der Waals surface area contributed by atoms with Gasteiger partial charge in [-0.1, -0.05) is 12.2 Å². The predicted molar refractivity (Wildman–Crippen MR) is 191 cm³/mol. The van der Waals surface area contributed by atoms with Gasteiger partial charge in [-0.2, -0.15) is 0 Å². The van der Waals surface area contributed by atoms with Gasteiger partial charge in [0.05, 0.1) is 18.9 Å². The van der Waals surface area contributed by atoms with E-state index in [9.17, 15) is 27.6 Å². The van der Waals surface area contributed by atoms with Gasteiger partial charge in [0.2, 0.25) is 27.7 Å². The molecule has 4 aliphatic rings. The van der Waals surface area contributed by atoms with Crippen LogP contribution in [0.25, 0.3) is 10.8 Å². The van der Waals surface area contributed by atoms with Gasteiger partial charge in [0.25, 0.3) is 5.91 Å². The second-order valence-corrected chi connectivity index (χ2v) is 17.1. The van der Waals surface area contributed by atoms with Gasteiger partial charge in [0.1, 0.15) is 35.1 Å². The van der Waals surface area contributed by atoms with Crippen LogP contribution in [0.2, 0.25) is 0 Å². The van der Waals surface area contributed by atoms with Crippen molar-refractivity contribution in [1.82, 2.24) is 30.1 Å². The highest BCUT2D eigenvalue weighted by Gasteiger charge is 2.62. The number of methoxy groups -OCH3 is 1. The summed E-state index contributed by atoms with van der Waals surface area (Å²) in [6.45, 7) is 5.86. The van der Waals surface area contributed by atoms with E-state index in [-0.39, 0.29) is 25.9 Å². The molecule has 5 atom stereocenters. The standard InChI is InChI=1S/C36H48N6O9S/c1-35(2,3)51-34(46)38-28-21-41(4)16-8-6-7-9-23-19-36(23,33(45)40-52(47,48)26-11-12-26)39-30(43)29-18-25(20-42(29)32(28)44)50-31-27-13-10-24(49-5)17-22(27)14-15-37-31/h7,9-10,13-15,17,23,25-26,28-29H,6,8,11-12,16,18-21H2,1-5H3,(H,38,46)(H,39,43)(H,40,45)/b9-7-/t23?,25?,28-,29-,36+/m0/s1. The summed E-state index contributed by atoms with van der Waals surface area (Å²) in [6, 6.07) is 5.05. The minimum atomic E-state index is -3.89. The number of alkyl carbamates (subject to hydrolysis) is 1. The quantitative estimate of drug-likeness (QED) is 0.354. The highest BCUT2D eigenvalue weighted by Crippen LogP contribution is 2.46. The molecule has 2 aromatic rings. The number of carbonyl (C=O) groups excluding carboxylic acids is 4. The molecule has 282 valence electrons. The van der Waals surface area contributed by atoms with Gasteiger partial charge in [0.15, 0.2) is 0 Å². The normalized spacial score (nSPS) is 28.0. The van der Waals surface area contributed by atoms with Gasteiger partial charge in [-0.3, -0.25) is 19.1 Å². The number of rotatable bonds is 7. The maximum atomic E-state index is 14.5. The predicted octanol–water partition coefficient (Wildman–Crippen LogP) is 2.25.